The van der Waals surface area contributed by atoms with E-state index in [-0.39, 0.29) is 18.0 Å². The maximum atomic E-state index is 13.2. The number of hydrazine groups is 1. The molecule has 0 saturated carbocycles. The molecule has 0 spiro atoms. The van der Waals surface area contributed by atoms with Crippen LogP contribution in [0.15, 0.2) is 65.3 Å². The molecule has 1 fully saturated rings. The summed E-state index contributed by atoms with van der Waals surface area (Å²) in [5.41, 5.74) is 7.52. The summed E-state index contributed by atoms with van der Waals surface area (Å²) in [5.74, 6) is 1.26. The molecule has 2 aliphatic rings. The van der Waals surface area contributed by atoms with Crippen LogP contribution in [-0.2, 0) is 17.8 Å². The lowest BCUT2D eigenvalue weighted by atomic mass is 9.99. The summed E-state index contributed by atoms with van der Waals surface area (Å²) in [6.45, 7) is 4.38. The van der Waals surface area contributed by atoms with Crippen LogP contribution in [0.4, 0.5) is 0 Å². The van der Waals surface area contributed by atoms with Gasteiger partial charge in [-0.2, -0.15) is 0 Å². The van der Waals surface area contributed by atoms with E-state index in [9.17, 15) is 4.79 Å². The van der Waals surface area contributed by atoms with Gasteiger partial charge in [-0.15, -0.1) is 0 Å². The Kier molecular flexibility index (Phi) is 5.49. The molecule has 5 rings (SSSR count). The van der Waals surface area contributed by atoms with Gasteiger partial charge in [0.25, 0.3) is 5.91 Å². The van der Waals surface area contributed by atoms with Gasteiger partial charge in [0.2, 0.25) is 5.89 Å². The van der Waals surface area contributed by atoms with Crippen LogP contribution in [0.1, 0.15) is 42.0 Å². The highest BCUT2D eigenvalue weighted by molar-refractivity contribution is 6.30. The molecule has 2 aromatic carbocycles. The summed E-state index contributed by atoms with van der Waals surface area (Å²) in [5, 5.41) is 2.55. The van der Waals surface area contributed by atoms with Crippen molar-refractivity contribution in [2.75, 3.05) is 0 Å². The third-order valence-corrected chi connectivity index (χ3v) is 6.38. The van der Waals surface area contributed by atoms with Crippen molar-refractivity contribution in [1.82, 2.24) is 20.3 Å². The summed E-state index contributed by atoms with van der Waals surface area (Å²) in [4.78, 5) is 19.6. The number of fused-ring (bicyclic) bond motifs is 1. The van der Waals surface area contributed by atoms with Crippen molar-refractivity contribution in [3.05, 3.63) is 88.5 Å². The third kappa shape index (κ3) is 3.92. The van der Waals surface area contributed by atoms with Crippen molar-refractivity contribution in [3.63, 3.8) is 0 Å². The van der Waals surface area contributed by atoms with Crippen LogP contribution < -0.4 is 5.43 Å². The van der Waals surface area contributed by atoms with E-state index in [1.165, 1.54) is 11.1 Å². The lowest BCUT2D eigenvalue weighted by Gasteiger charge is -2.31. The maximum Gasteiger partial charge on any atom is 0.251 e. The largest absolute Gasteiger partial charge is 0.441 e. The number of benzene rings is 2. The number of hydrogen-bond donors (Lipinski definition) is 1. The number of carbonyl (C=O) groups is 1. The van der Waals surface area contributed by atoms with Crippen molar-refractivity contribution in [2.24, 2.45) is 0 Å². The molecule has 3 aromatic rings. The molecular formula is C25H25ClN4O2. The Morgan fingerprint density at radius 1 is 1.19 bits per heavy atom. The quantitative estimate of drug-likeness (QED) is 0.595. The molecule has 7 heteroatoms. The Balaban J connectivity index is 1.30. The van der Waals surface area contributed by atoms with Crippen LogP contribution >= 0.6 is 11.6 Å². The third-order valence-electron chi connectivity index (χ3n) is 6.15. The van der Waals surface area contributed by atoms with Gasteiger partial charge < -0.3 is 14.3 Å². The number of aromatic nitrogens is 1. The number of nitrogens with zero attached hydrogens (tertiary/aromatic N) is 3. The Labute approximate surface area is 192 Å². The summed E-state index contributed by atoms with van der Waals surface area (Å²) in [6, 6.07) is 15.9. The van der Waals surface area contributed by atoms with Gasteiger partial charge in [0.15, 0.2) is 0 Å². The van der Waals surface area contributed by atoms with Gasteiger partial charge in [-0.25, -0.2) is 10.4 Å². The predicted octanol–water partition coefficient (Wildman–Crippen LogP) is 5.00. The van der Waals surface area contributed by atoms with Crippen LogP contribution in [-0.4, -0.2) is 26.8 Å². The van der Waals surface area contributed by atoms with Gasteiger partial charge in [-0.3, -0.25) is 4.79 Å². The zero-order valence-electron chi connectivity index (χ0n) is 18.1. The highest BCUT2D eigenvalue weighted by atomic mass is 35.5. The van der Waals surface area contributed by atoms with E-state index in [0.29, 0.717) is 23.2 Å². The number of nitrogens with one attached hydrogen (secondary N) is 1. The Morgan fingerprint density at radius 2 is 2.00 bits per heavy atom. The number of oxazole rings is 1. The molecule has 1 N–H and O–H groups in total. The second-order valence-corrected chi connectivity index (χ2v) is 8.67. The number of aryl methyl sites for hydroxylation is 2. The fraction of sp³-hybridized carbons (Fsp3) is 0.280. The lowest BCUT2D eigenvalue weighted by Crippen LogP contribution is -2.47. The first-order valence-corrected chi connectivity index (χ1v) is 11.2. The highest BCUT2D eigenvalue weighted by Crippen LogP contribution is 2.32. The summed E-state index contributed by atoms with van der Waals surface area (Å²) in [6.07, 6.45) is 5.47. The summed E-state index contributed by atoms with van der Waals surface area (Å²) < 4.78 is 5.86. The van der Waals surface area contributed by atoms with Gasteiger partial charge in [0.05, 0.1) is 12.6 Å². The number of hydrogen-bond acceptors (Lipinski definition) is 5. The SMILES string of the molecule is CCc1ccc(C2CC3C(=O)N(Cc4nc(-c5cccc(Cl)c5)oc4C)C=CN3N2)cc1. The number of carbonyl (C=O) groups excluding carboxylic acids is 1. The molecule has 1 amide bonds. The van der Waals surface area contributed by atoms with E-state index < -0.39 is 0 Å². The van der Waals surface area contributed by atoms with Crippen LogP contribution in [0.5, 0.6) is 0 Å². The first-order chi connectivity index (χ1) is 15.5. The molecule has 2 unspecified atom stereocenters. The van der Waals surface area contributed by atoms with Gasteiger partial charge >= 0.3 is 0 Å². The lowest BCUT2D eigenvalue weighted by molar-refractivity contribution is -0.135. The van der Waals surface area contributed by atoms with Crippen LogP contribution in [0, 0.1) is 6.92 Å². The normalized spacial score (nSPS) is 20.2. The summed E-state index contributed by atoms with van der Waals surface area (Å²) >= 11 is 6.10. The molecule has 32 heavy (non-hydrogen) atoms. The molecule has 0 radical (unpaired) electrons. The minimum absolute atomic E-state index is 0.0550. The van der Waals surface area contributed by atoms with Crippen molar-refractivity contribution in [3.8, 4) is 11.5 Å². The first kappa shape index (κ1) is 20.8. The van der Waals surface area contributed by atoms with Crippen molar-refractivity contribution in [2.45, 2.75) is 45.3 Å². The van der Waals surface area contributed by atoms with Gasteiger partial charge in [-0.1, -0.05) is 48.9 Å². The van der Waals surface area contributed by atoms with Gasteiger partial charge in [-0.05, 0) is 49.1 Å². The van der Waals surface area contributed by atoms with Crippen LogP contribution in [0.25, 0.3) is 11.5 Å². The molecule has 0 bridgehead atoms. The molecule has 1 saturated heterocycles. The van der Waals surface area contributed by atoms with E-state index in [2.05, 4.69) is 41.6 Å². The highest BCUT2D eigenvalue weighted by Gasteiger charge is 2.40. The molecule has 2 aliphatic heterocycles. The second kappa shape index (κ2) is 8.45. The maximum absolute atomic E-state index is 13.2. The molecule has 3 heterocycles. The monoisotopic (exact) mass is 448 g/mol. The average molecular weight is 449 g/mol. The number of amides is 1. The Morgan fingerprint density at radius 3 is 2.75 bits per heavy atom. The van der Waals surface area contributed by atoms with Crippen LogP contribution in [0.2, 0.25) is 5.02 Å². The molecule has 6 nitrogen and oxygen atoms in total. The van der Waals surface area contributed by atoms with Crippen molar-refractivity contribution >= 4 is 17.5 Å². The van der Waals surface area contributed by atoms with E-state index in [0.717, 1.165) is 24.1 Å². The van der Waals surface area contributed by atoms with E-state index in [1.54, 1.807) is 4.90 Å². The molecule has 1 aromatic heterocycles. The molecular weight excluding hydrogens is 424 g/mol. The Bertz CT molecular complexity index is 1170. The minimum Gasteiger partial charge on any atom is -0.441 e. The minimum atomic E-state index is -0.240. The van der Waals surface area contributed by atoms with E-state index in [4.69, 9.17) is 16.0 Å². The van der Waals surface area contributed by atoms with E-state index in [1.807, 2.05) is 48.6 Å². The predicted molar refractivity (Wildman–Crippen MR) is 123 cm³/mol. The number of halogens is 1. The zero-order chi connectivity index (χ0) is 22.2. The summed E-state index contributed by atoms with van der Waals surface area (Å²) in [7, 11) is 0. The molecule has 2 atom stereocenters. The first-order valence-electron chi connectivity index (χ1n) is 10.9. The standard InChI is InChI=1S/C25H25ClN4O2/c1-3-17-7-9-18(10-8-17)21-14-23-25(31)29(11-12-30(23)28-21)15-22-16(2)32-24(27-22)19-5-4-6-20(26)13-19/h4-13,21,23,28H,3,14-15H2,1-2H3. The number of rotatable bonds is 5. The second-order valence-electron chi connectivity index (χ2n) is 8.23. The zero-order valence-corrected chi connectivity index (χ0v) is 18.8. The molecule has 164 valence electrons. The van der Waals surface area contributed by atoms with Gasteiger partial charge in [0.1, 0.15) is 17.5 Å². The topological polar surface area (TPSA) is 61.6 Å². The fourth-order valence-corrected chi connectivity index (χ4v) is 4.44. The van der Waals surface area contributed by atoms with Crippen LogP contribution in [0.3, 0.4) is 0 Å². The fourth-order valence-electron chi connectivity index (χ4n) is 4.25. The van der Waals surface area contributed by atoms with Gasteiger partial charge in [0, 0.05) is 23.0 Å². The average Bonchev–Trinajstić information content (AvgIpc) is 3.40. The van der Waals surface area contributed by atoms with Crippen molar-refractivity contribution < 1.29 is 9.21 Å². The van der Waals surface area contributed by atoms with Crippen molar-refractivity contribution in [1.29, 1.82) is 0 Å². The molecule has 0 aliphatic carbocycles. The smallest absolute Gasteiger partial charge is 0.251 e. The Hall–Kier alpha value is -3.09. The van der Waals surface area contributed by atoms with E-state index >= 15 is 0 Å².